The van der Waals surface area contributed by atoms with Crippen LogP contribution in [-0.2, 0) is 22.7 Å². The first-order valence-electron chi connectivity index (χ1n) is 15.0. The number of hydrogen-bond donors (Lipinski definition) is 4. The molecule has 244 valence electrons. The predicted molar refractivity (Wildman–Crippen MR) is 176 cm³/mol. The third-order valence-corrected chi connectivity index (χ3v) is 9.06. The van der Waals surface area contributed by atoms with Crippen molar-refractivity contribution in [1.82, 2.24) is 30.5 Å². The zero-order valence-electron chi connectivity index (χ0n) is 25.4. The second kappa shape index (κ2) is 14.2. The lowest BCUT2D eigenvalue weighted by molar-refractivity contribution is -0.147. The molecule has 14 heteroatoms. The highest BCUT2D eigenvalue weighted by Gasteiger charge is 2.33. The number of carbonyl (C=O) groups excluding carboxylic acids is 1. The molecule has 47 heavy (non-hydrogen) atoms. The van der Waals surface area contributed by atoms with E-state index in [-0.39, 0.29) is 29.3 Å². The van der Waals surface area contributed by atoms with Crippen LogP contribution >= 0.6 is 23.2 Å². The van der Waals surface area contributed by atoms with E-state index in [1.54, 1.807) is 43.6 Å². The monoisotopic (exact) mass is 679 g/mol. The Morgan fingerprint density at radius 2 is 1.89 bits per heavy atom. The summed E-state index contributed by atoms with van der Waals surface area (Å²) in [6, 6.07) is 12.4. The van der Waals surface area contributed by atoms with E-state index >= 15 is 4.39 Å². The Kier molecular flexibility index (Phi) is 9.83. The molecule has 5 heterocycles. The minimum Gasteiger partial charge on any atom is -0.481 e. The van der Waals surface area contributed by atoms with Crippen LogP contribution in [0.1, 0.15) is 24.0 Å². The van der Waals surface area contributed by atoms with Gasteiger partial charge in [-0.2, -0.15) is 0 Å². The average molecular weight is 681 g/mol. The summed E-state index contributed by atoms with van der Waals surface area (Å²) in [5.41, 5.74) is 3.78. The number of aliphatic carboxylic acids is 1. The lowest BCUT2D eigenvalue weighted by Crippen LogP contribution is -2.49. The van der Waals surface area contributed by atoms with Gasteiger partial charge < -0.3 is 25.8 Å². The lowest BCUT2D eigenvalue weighted by atomic mass is 10.00. The first-order valence-corrected chi connectivity index (χ1v) is 15.8. The number of halogens is 3. The standard InChI is InChI=1S/C33H32Cl2FN7O4/c1-47-32-18(13-37-14-21-6-8-26(44)40-21)5-7-24(42-32)22-10-12-38-30(28(22)35)23-3-2-4-25(27(23)34)41-31-29(36)19(9-11-39-31)15-43-16-20(17-43)33(45)46/h2-5,7,9-12,20-21,37H,6,8,13-17H2,1H3,(H,39,41)(H,40,44)(H,45,46). The SMILES string of the molecule is COc1nc(-c2ccnc(-c3cccc(Nc4nccc(CN5CC(C(=O)O)C5)c4F)c3Cl)c2Cl)ccc1CNCC1CCC(=O)N1. The first kappa shape index (κ1) is 32.6. The van der Waals surface area contributed by atoms with Gasteiger partial charge in [0.05, 0.1) is 40.1 Å². The molecule has 0 aliphatic carbocycles. The Labute approximate surface area is 280 Å². The zero-order valence-corrected chi connectivity index (χ0v) is 26.9. The molecule has 6 rings (SSSR count). The van der Waals surface area contributed by atoms with Crippen LogP contribution in [0.15, 0.2) is 54.9 Å². The van der Waals surface area contributed by atoms with Crippen molar-refractivity contribution in [2.75, 3.05) is 32.1 Å². The van der Waals surface area contributed by atoms with Gasteiger partial charge in [0.15, 0.2) is 11.6 Å². The van der Waals surface area contributed by atoms with Gasteiger partial charge in [0.2, 0.25) is 11.8 Å². The second-order valence-electron chi connectivity index (χ2n) is 11.5. The summed E-state index contributed by atoms with van der Waals surface area (Å²) in [5, 5.41) is 19.0. The van der Waals surface area contributed by atoms with Crippen molar-refractivity contribution in [3.05, 3.63) is 81.8 Å². The van der Waals surface area contributed by atoms with Crippen LogP contribution in [0.3, 0.4) is 0 Å². The predicted octanol–water partition coefficient (Wildman–Crippen LogP) is 5.29. The molecule has 2 fully saturated rings. The number of carbonyl (C=O) groups is 2. The number of anilines is 2. The van der Waals surface area contributed by atoms with E-state index in [2.05, 4.69) is 25.9 Å². The number of carboxylic acids is 1. The zero-order chi connectivity index (χ0) is 33.1. The molecule has 1 unspecified atom stereocenters. The molecule has 3 aromatic heterocycles. The highest BCUT2D eigenvalue weighted by atomic mass is 35.5. The van der Waals surface area contributed by atoms with E-state index in [0.29, 0.717) is 77.3 Å². The molecule has 0 spiro atoms. The van der Waals surface area contributed by atoms with Crippen LogP contribution in [0.2, 0.25) is 10.0 Å². The highest BCUT2D eigenvalue weighted by Crippen LogP contribution is 2.41. The minimum absolute atomic E-state index is 0.0106. The molecule has 2 aliphatic rings. The van der Waals surface area contributed by atoms with E-state index in [4.69, 9.17) is 38.0 Å². The highest BCUT2D eigenvalue weighted by molar-refractivity contribution is 6.39. The second-order valence-corrected chi connectivity index (χ2v) is 12.2. The maximum atomic E-state index is 15.5. The number of rotatable bonds is 12. The summed E-state index contributed by atoms with van der Waals surface area (Å²) in [4.78, 5) is 37.8. The van der Waals surface area contributed by atoms with Gasteiger partial charge in [-0.1, -0.05) is 41.4 Å². The summed E-state index contributed by atoms with van der Waals surface area (Å²) < 4.78 is 21.0. The number of pyridine rings is 3. The Morgan fingerprint density at radius 3 is 2.64 bits per heavy atom. The number of hydrogen-bond acceptors (Lipinski definition) is 9. The first-order chi connectivity index (χ1) is 22.7. The van der Waals surface area contributed by atoms with Crippen molar-refractivity contribution >= 4 is 46.6 Å². The molecule has 11 nitrogen and oxygen atoms in total. The molecule has 0 saturated carbocycles. The van der Waals surface area contributed by atoms with Gasteiger partial charge in [-0.25, -0.2) is 14.4 Å². The minimum atomic E-state index is -0.848. The molecule has 0 radical (unpaired) electrons. The quantitative estimate of drug-likeness (QED) is 0.156. The topological polar surface area (TPSA) is 142 Å². The summed E-state index contributed by atoms with van der Waals surface area (Å²) >= 11 is 13.8. The van der Waals surface area contributed by atoms with E-state index in [1.807, 2.05) is 17.0 Å². The molecule has 1 atom stereocenters. The Balaban J connectivity index is 1.20. The number of ether oxygens (including phenoxy) is 1. The van der Waals surface area contributed by atoms with Crippen LogP contribution < -0.4 is 20.7 Å². The van der Waals surface area contributed by atoms with Gasteiger partial charge in [-0.15, -0.1) is 0 Å². The summed E-state index contributed by atoms with van der Waals surface area (Å²) in [6.45, 7) is 2.16. The Hall–Kier alpha value is -4.36. The van der Waals surface area contributed by atoms with Crippen molar-refractivity contribution in [1.29, 1.82) is 0 Å². The van der Waals surface area contributed by atoms with Crippen molar-refractivity contribution in [2.24, 2.45) is 5.92 Å². The fourth-order valence-electron chi connectivity index (χ4n) is 5.70. The number of likely N-dealkylation sites (tertiary alicyclic amines) is 1. The summed E-state index contributed by atoms with van der Waals surface area (Å²) in [6.07, 6.45) is 4.46. The average Bonchev–Trinajstić information content (AvgIpc) is 3.46. The van der Waals surface area contributed by atoms with Crippen LogP contribution in [-0.4, -0.2) is 69.6 Å². The van der Waals surface area contributed by atoms with E-state index < -0.39 is 17.7 Å². The lowest BCUT2D eigenvalue weighted by Gasteiger charge is -2.36. The van der Waals surface area contributed by atoms with Gasteiger partial charge in [0.25, 0.3) is 0 Å². The Morgan fingerprint density at radius 1 is 1.09 bits per heavy atom. The fraction of sp³-hybridized carbons (Fsp3) is 0.303. The maximum absolute atomic E-state index is 15.5. The number of carboxylic acid groups (broad SMARTS) is 1. The number of methoxy groups -OCH3 is 1. The maximum Gasteiger partial charge on any atom is 0.309 e. The van der Waals surface area contributed by atoms with Gasteiger partial charge in [0, 0.05) is 79.8 Å². The number of aromatic nitrogens is 3. The molecule has 2 saturated heterocycles. The van der Waals surface area contributed by atoms with Gasteiger partial charge in [-0.3, -0.25) is 19.5 Å². The van der Waals surface area contributed by atoms with Crippen LogP contribution in [0.4, 0.5) is 15.9 Å². The van der Waals surface area contributed by atoms with Crippen molar-refractivity contribution in [3.63, 3.8) is 0 Å². The van der Waals surface area contributed by atoms with Crippen molar-refractivity contribution in [2.45, 2.75) is 32.0 Å². The largest absolute Gasteiger partial charge is 0.481 e. The number of nitrogens with one attached hydrogen (secondary N) is 3. The van der Waals surface area contributed by atoms with E-state index in [9.17, 15) is 9.59 Å². The van der Waals surface area contributed by atoms with Crippen molar-refractivity contribution < 1.29 is 23.8 Å². The van der Waals surface area contributed by atoms with Gasteiger partial charge in [0.1, 0.15) is 0 Å². The van der Waals surface area contributed by atoms with Gasteiger partial charge in [-0.05, 0) is 30.7 Å². The Bertz CT molecular complexity index is 1820. The third kappa shape index (κ3) is 7.15. The third-order valence-electron chi connectivity index (χ3n) is 8.27. The van der Waals surface area contributed by atoms with Crippen LogP contribution in [0.5, 0.6) is 5.88 Å². The van der Waals surface area contributed by atoms with Crippen molar-refractivity contribution in [3.8, 4) is 28.4 Å². The molecule has 0 bridgehead atoms. The number of amides is 1. The molecule has 1 aromatic carbocycles. The summed E-state index contributed by atoms with van der Waals surface area (Å²) in [5.74, 6) is -1.32. The molecular weight excluding hydrogens is 648 g/mol. The number of nitrogens with zero attached hydrogens (tertiary/aromatic N) is 4. The van der Waals surface area contributed by atoms with E-state index in [0.717, 1.165) is 12.0 Å². The van der Waals surface area contributed by atoms with Gasteiger partial charge >= 0.3 is 5.97 Å². The molecular formula is C33H32Cl2FN7O4. The summed E-state index contributed by atoms with van der Waals surface area (Å²) in [7, 11) is 1.55. The fourth-order valence-corrected chi connectivity index (χ4v) is 6.27. The van der Waals surface area contributed by atoms with Crippen LogP contribution in [0.25, 0.3) is 22.5 Å². The normalized spacial score (nSPS) is 16.5. The smallest absolute Gasteiger partial charge is 0.309 e. The molecule has 4 N–H and O–H groups in total. The van der Waals surface area contributed by atoms with E-state index in [1.165, 1.54) is 6.20 Å². The number of benzene rings is 1. The van der Waals surface area contributed by atoms with Crippen LogP contribution in [0, 0.1) is 11.7 Å². The molecule has 4 aromatic rings. The molecule has 1 amide bonds. The molecule has 2 aliphatic heterocycles.